The van der Waals surface area contributed by atoms with Gasteiger partial charge in [0.1, 0.15) is 12.3 Å². The van der Waals surface area contributed by atoms with E-state index in [9.17, 15) is 9.59 Å². The fourth-order valence-corrected chi connectivity index (χ4v) is 2.94. The lowest BCUT2D eigenvalue weighted by molar-refractivity contribution is -0.122. The van der Waals surface area contributed by atoms with Gasteiger partial charge in [0.25, 0.3) is 11.8 Å². The molecule has 0 saturated carbocycles. The van der Waals surface area contributed by atoms with Gasteiger partial charge in [0.15, 0.2) is 5.11 Å². The van der Waals surface area contributed by atoms with Crippen LogP contribution < -0.4 is 20.9 Å². The molecule has 3 N–H and O–H groups in total. The number of carbonyl (C=O) groups excluding carboxylic acids is 2. The topological polar surface area (TPSA) is 84.4 Å². The van der Waals surface area contributed by atoms with Gasteiger partial charge in [0.05, 0.1) is 6.61 Å². The standard InChI is InChI=1S/C22H24N4O3S/c1-15(2)14-29-18-8-5-7-17(12-18)21(28)23-22(30)25-24-20(27)13-26-11-10-16-6-3-4-9-19(16)26/h3-12,15H,13-14H2,1-2H3,(H,24,27)(H2,23,25,28,30). The van der Waals surface area contributed by atoms with Gasteiger partial charge in [-0.3, -0.25) is 25.8 Å². The smallest absolute Gasteiger partial charge is 0.258 e. The average molecular weight is 425 g/mol. The quantitative estimate of drug-likeness (QED) is 0.418. The summed E-state index contributed by atoms with van der Waals surface area (Å²) < 4.78 is 7.46. The molecular weight excluding hydrogens is 400 g/mol. The van der Waals surface area contributed by atoms with Crippen molar-refractivity contribution in [1.82, 2.24) is 20.7 Å². The molecule has 0 bridgehead atoms. The van der Waals surface area contributed by atoms with Gasteiger partial charge in [-0.2, -0.15) is 0 Å². The predicted molar refractivity (Wildman–Crippen MR) is 120 cm³/mol. The van der Waals surface area contributed by atoms with Gasteiger partial charge >= 0.3 is 0 Å². The van der Waals surface area contributed by atoms with Crippen molar-refractivity contribution in [3.05, 3.63) is 66.4 Å². The molecule has 0 unspecified atom stereocenters. The van der Waals surface area contributed by atoms with E-state index in [0.29, 0.717) is 23.8 Å². The zero-order valence-corrected chi connectivity index (χ0v) is 17.7. The Bertz CT molecular complexity index is 1060. The molecule has 3 aromatic rings. The van der Waals surface area contributed by atoms with Crippen LogP contribution in [-0.2, 0) is 11.3 Å². The summed E-state index contributed by atoms with van der Waals surface area (Å²) in [7, 11) is 0. The van der Waals surface area contributed by atoms with E-state index in [-0.39, 0.29) is 17.6 Å². The first-order chi connectivity index (χ1) is 14.4. The zero-order valence-electron chi connectivity index (χ0n) is 16.8. The highest BCUT2D eigenvalue weighted by Gasteiger charge is 2.11. The Labute approximate surface area is 180 Å². The molecule has 1 aromatic heterocycles. The second-order valence-corrected chi connectivity index (χ2v) is 7.60. The summed E-state index contributed by atoms with van der Waals surface area (Å²) in [5.74, 6) is 0.306. The van der Waals surface area contributed by atoms with Crippen molar-refractivity contribution in [2.75, 3.05) is 6.61 Å². The molecule has 0 saturated heterocycles. The number of hydrogen-bond acceptors (Lipinski definition) is 4. The van der Waals surface area contributed by atoms with Gasteiger partial charge in [0.2, 0.25) is 0 Å². The van der Waals surface area contributed by atoms with Crippen molar-refractivity contribution in [3.8, 4) is 5.75 Å². The number of ether oxygens (including phenoxy) is 1. The SMILES string of the molecule is CC(C)COc1cccc(C(=O)NC(=S)NNC(=O)Cn2ccc3ccccc32)c1. The second kappa shape index (κ2) is 9.89. The lowest BCUT2D eigenvalue weighted by atomic mass is 10.2. The van der Waals surface area contributed by atoms with Gasteiger partial charge in [-0.05, 0) is 53.9 Å². The molecule has 0 aliphatic rings. The van der Waals surface area contributed by atoms with Gasteiger partial charge in [-0.25, -0.2) is 0 Å². The molecule has 7 nitrogen and oxygen atoms in total. The van der Waals surface area contributed by atoms with Crippen molar-refractivity contribution < 1.29 is 14.3 Å². The van der Waals surface area contributed by atoms with Crippen molar-refractivity contribution in [2.24, 2.45) is 5.92 Å². The molecule has 2 aromatic carbocycles. The van der Waals surface area contributed by atoms with Gasteiger partial charge in [-0.15, -0.1) is 0 Å². The van der Waals surface area contributed by atoms with Crippen LogP contribution in [0.4, 0.5) is 0 Å². The minimum absolute atomic E-state index is 0.000726. The maximum atomic E-state index is 12.4. The van der Waals surface area contributed by atoms with Crippen LogP contribution in [0.3, 0.4) is 0 Å². The van der Waals surface area contributed by atoms with Crippen LogP contribution in [0.1, 0.15) is 24.2 Å². The van der Waals surface area contributed by atoms with Crippen LogP contribution in [0.15, 0.2) is 60.8 Å². The molecule has 0 fully saturated rings. The maximum absolute atomic E-state index is 12.4. The molecule has 156 valence electrons. The lowest BCUT2D eigenvalue weighted by Crippen LogP contribution is -2.49. The maximum Gasteiger partial charge on any atom is 0.258 e. The van der Waals surface area contributed by atoms with Crippen molar-refractivity contribution >= 4 is 40.0 Å². The van der Waals surface area contributed by atoms with Crippen LogP contribution in [0.2, 0.25) is 0 Å². The third-order valence-corrected chi connectivity index (χ3v) is 4.42. The van der Waals surface area contributed by atoms with E-state index in [1.54, 1.807) is 24.3 Å². The molecule has 0 aliphatic carbocycles. The van der Waals surface area contributed by atoms with E-state index in [4.69, 9.17) is 17.0 Å². The minimum Gasteiger partial charge on any atom is -0.493 e. The van der Waals surface area contributed by atoms with Crippen molar-refractivity contribution in [3.63, 3.8) is 0 Å². The number of rotatable bonds is 6. The molecule has 0 spiro atoms. The third kappa shape index (κ3) is 5.81. The molecule has 30 heavy (non-hydrogen) atoms. The fourth-order valence-electron chi connectivity index (χ4n) is 2.80. The number of nitrogens with one attached hydrogen (secondary N) is 3. The van der Waals surface area contributed by atoms with Crippen LogP contribution in [-0.4, -0.2) is 28.1 Å². The number of para-hydroxylation sites is 1. The van der Waals surface area contributed by atoms with Crippen LogP contribution in [0.25, 0.3) is 10.9 Å². The first-order valence-electron chi connectivity index (χ1n) is 9.59. The Morgan fingerprint density at radius 3 is 2.67 bits per heavy atom. The van der Waals surface area contributed by atoms with E-state index in [0.717, 1.165) is 10.9 Å². The van der Waals surface area contributed by atoms with Crippen molar-refractivity contribution in [1.29, 1.82) is 0 Å². The van der Waals surface area contributed by atoms with E-state index in [1.165, 1.54) is 0 Å². The van der Waals surface area contributed by atoms with Crippen LogP contribution >= 0.6 is 12.2 Å². The molecule has 0 atom stereocenters. The molecule has 2 amide bonds. The Morgan fingerprint density at radius 2 is 1.87 bits per heavy atom. The number of fused-ring (bicyclic) bond motifs is 1. The molecule has 3 rings (SSSR count). The van der Waals surface area contributed by atoms with E-state index < -0.39 is 5.91 Å². The summed E-state index contributed by atoms with van der Waals surface area (Å²) in [5, 5.41) is 3.59. The molecule has 0 radical (unpaired) electrons. The summed E-state index contributed by atoms with van der Waals surface area (Å²) in [6.45, 7) is 4.78. The molecule has 1 heterocycles. The summed E-state index contributed by atoms with van der Waals surface area (Å²) in [4.78, 5) is 24.6. The van der Waals surface area contributed by atoms with E-state index in [1.807, 2.05) is 54.9 Å². The summed E-state index contributed by atoms with van der Waals surface area (Å²) in [6, 6.07) is 16.6. The summed E-state index contributed by atoms with van der Waals surface area (Å²) >= 11 is 5.10. The summed E-state index contributed by atoms with van der Waals surface area (Å²) in [6.07, 6.45) is 1.85. The Balaban J connectivity index is 1.48. The number of carbonyl (C=O) groups is 2. The average Bonchev–Trinajstić information content (AvgIpc) is 3.14. The molecular formula is C22H24N4O3S. The largest absolute Gasteiger partial charge is 0.493 e. The highest BCUT2D eigenvalue weighted by molar-refractivity contribution is 7.80. The third-order valence-electron chi connectivity index (χ3n) is 4.22. The van der Waals surface area contributed by atoms with E-state index >= 15 is 0 Å². The number of hydrazine groups is 1. The number of benzene rings is 2. The van der Waals surface area contributed by atoms with E-state index in [2.05, 4.69) is 16.2 Å². The number of thiocarbonyl (C=S) groups is 1. The number of amides is 2. The highest BCUT2D eigenvalue weighted by atomic mass is 32.1. The number of nitrogens with zero attached hydrogens (tertiary/aromatic N) is 1. The van der Waals surface area contributed by atoms with Crippen LogP contribution in [0, 0.1) is 5.92 Å². The predicted octanol–water partition coefficient (Wildman–Crippen LogP) is 3.01. The molecule has 8 heteroatoms. The molecule has 0 aliphatic heterocycles. The fraction of sp³-hybridized carbons (Fsp3) is 0.227. The van der Waals surface area contributed by atoms with Gasteiger partial charge in [-0.1, -0.05) is 38.1 Å². The number of hydrogen-bond donors (Lipinski definition) is 3. The van der Waals surface area contributed by atoms with Crippen LogP contribution in [0.5, 0.6) is 5.75 Å². The first kappa shape index (κ1) is 21.3. The highest BCUT2D eigenvalue weighted by Crippen LogP contribution is 2.15. The monoisotopic (exact) mass is 424 g/mol. The van der Waals surface area contributed by atoms with Gasteiger partial charge in [0, 0.05) is 17.3 Å². The Kier molecular flexibility index (Phi) is 7.03. The van der Waals surface area contributed by atoms with Gasteiger partial charge < -0.3 is 9.30 Å². The Hall–Kier alpha value is -3.39. The first-order valence-corrected chi connectivity index (χ1v) is 10.00. The zero-order chi connectivity index (χ0) is 21.5. The summed E-state index contributed by atoms with van der Waals surface area (Å²) in [5.41, 5.74) is 6.42. The second-order valence-electron chi connectivity index (χ2n) is 7.19. The number of aromatic nitrogens is 1. The normalized spacial score (nSPS) is 10.6. The van der Waals surface area contributed by atoms with Crippen molar-refractivity contribution in [2.45, 2.75) is 20.4 Å². The Morgan fingerprint density at radius 1 is 1.07 bits per heavy atom. The lowest BCUT2D eigenvalue weighted by Gasteiger charge is -2.12. The minimum atomic E-state index is -0.395.